The molecule has 3 N–H and O–H groups in total. The first-order chi connectivity index (χ1) is 46.5. The Morgan fingerprint density at radius 3 is 0.802 bits per heavy atom. The fraction of sp³-hybridized carbons (Fsp3) is 0.875. The molecule has 24 heteroatoms. The molecule has 9 unspecified atom stereocenters. The average molecular weight is 1360 g/mol. The number of hydrogen-bond acceptors (Lipinski definition) is 18. The van der Waals surface area contributed by atoms with Crippen molar-refractivity contribution < 1.29 is 57.2 Å². The fourth-order valence-corrected chi connectivity index (χ4v) is 11.9. The first kappa shape index (κ1) is 82.9. The van der Waals surface area contributed by atoms with Gasteiger partial charge in [-0.1, -0.05) is 175 Å². The number of unbranched alkanes of at least 4 members (excludes halogenated alkanes) is 27. The first-order valence-electron chi connectivity index (χ1n) is 38.0. The van der Waals surface area contributed by atoms with E-state index in [2.05, 4.69) is 72.2 Å². The van der Waals surface area contributed by atoms with Crippen LogP contribution < -0.4 is 33.0 Å². The zero-order valence-electron chi connectivity index (χ0n) is 60.3. The summed E-state index contributed by atoms with van der Waals surface area (Å²) in [6.45, 7) is 18.3. The van der Waals surface area contributed by atoms with E-state index in [0.29, 0.717) is 154 Å². The van der Waals surface area contributed by atoms with Crippen LogP contribution in [-0.2, 0) is 62.4 Å². The molecule has 0 aromatic carbocycles. The molecule has 9 atom stereocenters. The van der Waals surface area contributed by atoms with Crippen LogP contribution in [0.25, 0.3) is 0 Å². The lowest BCUT2D eigenvalue weighted by atomic mass is 10.1. The van der Waals surface area contributed by atoms with Gasteiger partial charge in [0.1, 0.15) is 19.8 Å². The monoisotopic (exact) mass is 1360 g/mol. The van der Waals surface area contributed by atoms with E-state index in [-0.39, 0.29) is 57.4 Å². The van der Waals surface area contributed by atoms with Gasteiger partial charge < -0.3 is 44.4 Å². The van der Waals surface area contributed by atoms with Gasteiger partial charge in [0, 0.05) is 116 Å². The van der Waals surface area contributed by atoms with Crippen LogP contribution >= 0.6 is 0 Å². The van der Waals surface area contributed by atoms with Crippen LogP contribution in [0.5, 0.6) is 0 Å². The molecule has 4 rings (SSSR count). The topological polar surface area (TPSA) is 269 Å². The van der Waals surface area contributed by atoms with E-state index in [1.165, 1.54) is 77.0 Å². The predicted octanol–water partition coefficient (Wildman–Crippen LogP) is 11.3. The number of alkyl carbamates (subject to hydrolysis) is 3. The van der Waals surface area contributed by atoms with Gasteiger partial charge in [-0.25, -0.2) is 42.5 Å². The SMILES string of the molecule is CCCCCCCCCC(=O)OCC(CN1CC1C)OC(=O)NCCCCCCn1c(=O)n(CCCCCCNC(=O)OC(COC(=O)CCCCCCCCC)CN2CC2C)c(=O)n(CCCCCCNC(=O)OC(COC(=O)CCCCCCCCC)CN2CC2C)c1=O. The molecule has 0 aliphatic carbocycles. The Bertz CT molecular complexity index is 2230. The standard InChI is InChI=1S/C72H129N9O15/c1-7-10-13-16-19-22-31-40-64(82)91-55-61(52-76-49-58(76)4)94-67(85)73-43-34-25-28-37-46-79-70(88)80(47-38-29-26-35-44-74-68(86)95-62(53-77-50-59(77)5)56-92-65(83)41-32-23-20-17-14-11-8-2)72(90)81(71(79)89)48-39-30-27-36-45-75-69(87)96-63(54-78-51-60(78)6)57-93-66(84)42-33-24-21-18-15-12-9-3/h58-63H,7-57H2,1-6H3,(H,73,85)(H,74,86)(H,75,87). The minimum atomic E-state index is -0.661. The molecule has 96 heavy (non-hydrogen) atoms. The zero-order valence-corrected chi connectivity index (χ0v) is 60.3. The molecule has 0 bridgehead atoms. The molecule has 3 aliphatic heterocycles. The van der Waals surface area contributed by atoms with Crippen molar-refractivity contribution in [1.82, 2.24) is 44.4 Å². The molecular weight excluding hydrogens is 1230 g/mol. The smallest absolute Gasteiger partial charge is 0.407 e. The number of carbonyl (C=O) groups excluding carboxylic acids is 6. The van der Waals surface area contributed by atoms with E-state index < -0.39 is 53.7 Å². The highest BCUT2D eigenvalue weighted by molar-refractivity contribution is 5.71. The summed E-state index contributed by atoms with van der Waals surface area (Å²) in [6, 6.07) is 1.14. The van der Waals surface area contributed by atoms with E-state index in [0.717, 1.165) is 91.1 Å². The summed E-state index contributed by atoms with van der Waals surface area (Å²) in [4.78, 5) is 125. The van der Waals surface area contributed by atoms with Crippen LogP contribution in [0.15, 0.2) is 14.4 Å². The van der Waals surface area contributed by atoms with Crippen molar-refractivity contribution in [2.24, 2.45) is 0 Å². The highest BCUT2D eigenvalue weighted by atomic mass is 16.6. The van der Waals surface area contributed by atoms with Crippen LogP contribution in [0, 0.1) is 0 Å². The van der Waals surface area contributed by atoms with Crippen LogP contribution in [0.4, 0.5) is 14.4 Å². The molecule has 3 saturated heterocycles. The van der Waals surface area contributed by atoms with Gasteiger partial charge in [0.15, 0.2) is 18.3 Å². The maximum absolute atomic E-state index is 14.0. The quantitative estimate of drug-likeness (QED) is 0.0237. The Kier molecular flexibility index (Phi) is 43.9. The second-order valence-corrected chi connectivity index (χ2v) is 27.5. The summed E-state index contributed by atoms with van der Waals surface area (Å²) in [5, 5.41) is 8.45. The van der Waals surface area contributed by atoms with Crippen LogP contribution in [0.2, 0.25) is 0 Å². The van der Waals surface area contributed by atoms with Crippen molar-refractivity contribution in [3.8, 4) is 0 Å². The number of ether oxygens (including phenoxy) is 6. The molecule has 0 spiro atoms. The number of carbonyl (C=O) groups is 6. The number of nitrogens with zero attached hydrogens (tertiary/aromatic N) is 6. The summed E-state index contributed by atoms with van der Waals surface area (Å²) in [5.41, 5.74) is -1.98. The highest BCUT2D eigenvalue weighted by Gasteiger charge is 2.35. The summed E-state index contributed by atoms with van der Waals surface area (Å²) >= 11 is 0. The van der Waals surface area contributed by atoms with E-state index in [4.69, 9.17) is 28.4 Å². The lowest BCUT2D eigenvalue weighted by molar-refractivity contribution is -0.147. The Labute approximate surface area is 574 Å². The van der Waals surface area contributed by atoms with Crippen molar-refractivity contribution >= 4 is 36.2 Å². The molecular formula is C72H129N9O15. The Morgan fingerprint density at radius 1 is 0.344 bits per heavy atom. The van der Waals surface area contributed by atoms with Gasteiger partial charge in [-0.15, -0.1) is 0 Å². The minimum absolute atomic E-state index is 0.000554. The molecule has 0 saturated carbocycles. The number of hydrogen-bond donors (Lipinski definition) is 3. The third-order valence-electron chi connectivity index (χ3n) is 18.5. The van der Waals surface area contributed by atoms with Crippen LogP contribution in [0.1, 0.15) is 273 Å². The second-order valence-electron chi connectivity index (χ2n) is 27.5. The van der Waals surface area contributed by atoms with Crippen molar-refractivity contribution in [3.63, 3.8) is 0 Å². The number of aromatic nitrogens is 3. The van der Waals surface area contributed by atoms with Gasteiger partial charge in [0.25, 0.3) is 0 Å². The van der Waals surface area contributed by atoms with E-state index in [9.17, 15) is 43.2 Å². The van der Waals surface area contributed by atoms with Gasteiger partial charge >= 0.3 is 53.3 Å². The molecule has 1 aromatic rings. The number of nitrogens with one attached hydrogen (secondary N) is 3. The Balaban J connectivity index is 1.24. The van der Waals surface area contributed by atoms with Crippen LogP contribution in [0.3, 0.4) is 0 Å². The molecule has 4 heterocycles. The number of amides is 3. The largest absolute Gasteiger partial charge is 0.462 e. The fourth-order valence-electron chi connectivity index (χ4n) is 11.9. The summed E-state index contributed by atoms with van der Waals surface area (Å²) < 4.78 is 37.3. The van der Waals surface area contributed by atoms with E-state index >= 15 is 0 Å². The molecule has 552 valence electrons. The van der Waals surface area contributed by atoms with Gasteiger partial charge in [0.2, 0.25) is 0 Å². The number of rotatable bonds is 60. The predicted molar refractivity (Wildman–Crippen MR) is 373 cm³/mol. The van der Waals surface area contributed by atoms with Crippen molar-refractivity contribution in [2.75, 3.05) is 78.7 Å². The first-order valence-corrected chi connectivity index (χ1v) is 38.0. The van der Waals surface area contributed by atoms with Gasteiger partial charge in [0.05, 0.1) is 0 Å². The summed E-state index contributed by atoms with van der Waals surface area (Å²) in [5.74, 6) is -0.846. The third kappa shape index (κ3) is 38.6. The molecule has 3 amide bonds. The lowest BCUT2D eigenvalue weighted by Crippen LogP contribution is -2.54. The molecule has 0 radical (unpaired) electrons. The van der Waals surface area contributed by atoms with Crippen molar-refractivity contribution in [1.29, 1.82) is 0 Å². The van der Waals surface area contributed by atoms with Gasteiger partial charge in [-0.3, -0.25) is 29.1 Å². The molecule has 24 nitrogen and oxygen atoms in total. The second kappa shape index (κ2) is 50.8. The molecule has 1 aromatic heterocycles. The summed E-state index contributed by atoms with van der Waals surface area (Å²) in [6.07, 6.45) is 27.9. The maximum Gasteiger partial charge on any atom is 0.407 e. The zero-order chi connectivity index (χ0) is 69.6. The van der Waals surface area contributed by atoms with Gasteiger partial charge in [-0.2, -0.15) is 0 Å². The third-order valence-corrected chi connectivity index (χ3v) is 18.5. The lowest BCUT2D eigenvalue weighted by Gasteiger charge is -2.19. The van der Waals surface area contributed by atoms with Crippen molar-refractivity contribution in [3.05, 3.63) is 31.5 Å². The van der Waals surface area contributed by atoms with Crippen LogP contribution in [-0.4, -0.2) is 180 Å². The Morgan fingerprint density at radius 2 is 0.562 bits per heavy atom. The maximum atomic E-state index is 14.0. The van der Waals surface area contributed by atoms with Crippen molar-refractivity contribution in [2.45, 2.75) is 329 Å². The Hall–Kier alpha value is -5.49. The molecule has 3 fully saturated rings. The average Bonchev–Trinajstić information content (AvgIpc) is 1.81. The normalized spacial score (nSPS) is 18.6. The van der Waals surface area contributed by atoms with E-state index in [1.807, 2.05) is 0 Å². The number of esters is 3. The minimum Gasteiger partial charge on any atom is -0.462 e. The summed E-state index contributed by atoms with van der Waals surface area (Å²) in [7, 11) is 0. The van der Waals surface area contributed by atoms with Gasteiger partial charge in [-0.05, 0) is 78.6 Å². The highest BCUT2D eigenvalue weighted by Crippen LogP contribution is 2.21. The molecule has 3 aliphatic rings. The van der Waals surface area contributed by atoms with E-state index in [1.54, 1.807) is 0 Å².